The lowest BCUT2D eigenvalue weighted by atomic mass is 10.2. The first-order valence-electron chi connectivity index (χ1n) is 2.52. The Morgan fingerprint density at radius 2 is 2.33 bits per heavy atom. The molecule has 3 N–H and O–H groups in total. The number of hydrogen-bond donors (Lipinski definition) is 2. The molecule has 0 aromatic rings. The van der Waals surface area contributed by atoms with E-state index in [4.69, 9.17) is 10.8 Å². The Bertz CT molecular complexity index is 116. The first-order chi connectivity index (χ1) is 4.18. The van der Waals surface area contributed by atoms with Gasteiger partial charge in [-0.25, -0.2) is 0 Å². The Hall–Kier alpha value is -0.470. The molecule has 0 aliphatic carbocycles. The Labute approximate surface area is 54.2 Å². The zero-order chi connectivity index (χ0) is 7.28. The SMILES string of the molecule is NC(CC[PH+]=O)C(=O)O. The normalized spacial score (nSPS) is 13.4. The van der Waals surface area contributed by atoms with E-state index in [0.29, 0.717) is 6.16 Å². The molecule has 9 heavy (non-hydrogen) atoms. The standard InChI is InChI=1S/C4H8NO3P/c5-3(4(6)7)1-2-9-8/h3H,1-2,5H2,(H,6,7)/p+1. The quantitative estimate of drug-likeness (QED) is 0.544. The summed E-state index contributed by atoms with van der Waals surface area (Å²) in [4.78, 5) is 9.98. The van der Waals surface area contributed by atoms with Gasteiger partial charge in [0.1, 0.15) is 12.2 Å². The molecule has 0 spiro atoms. The van der Waals surface area contributed by atoms with E-state index in [9.17, 15) is 9.36 Å². The van der Waals surface area contributed by atoms with Gasteiger partial charge in [0.25, 0.3) is 0 Å². The summed E-state index contributed by atoms with van der Waals surface area (Å²) in [6, 6.07) is -0.855. The van der Waals surface area contributed by atoms with Crippen molar-refractivity contribution in [3.63, 3.8) is 0 Å². The van der Waals surface area contributed by atoms with Crippen molar-refractivity contribution in [2.75, 3.05) is 6.16 Å². The summed E-state index contributed by atoms with van der Waals surface area (Å²) in [6.45, 7) is 0. The van der Waals surface area contributed by atoms with Crippen LogP contribution in [0.1, 0.15) is 6.42 Å². The molecule has 0 aliphatic heterocycles. The number of aliphatic carboxylic acids is 1. The fraction of sp³-hybridized carbons (Fsp3) is 0.750. The molecule has 4 nitrogen and oxygen atoms in total. The molecular weight excluding hydrogens is 141 g/mol. The second-order valence-corrected chi connectivity index (χ2v) is 2.42. The third-order valence-electron chi connectivity index (χ3n) is 0.875. The second-order valence-electron chi connectivity index (χ2n) is 1.63. The summed E-state index contributed by atoms with van der Waals surface area (Å²) in [5.74, 6) is -1.03. The van der Waals surface area contributed by atoms with E-state index in [0.717, 1.165) is 0 Å². The zero-order valence-corrected chi connectivity index (χ0v) is 5.83. The molecule has 0 amide bonds. The predicted octanol–water partition coefficient (Wildman–Crippen LogP) is -0.188. The Morgan fingerprint density at radius 1 is 1.78 bits per heavy atom. The summed E-state index contributed by atoms with van der Waals surface area (Å²) in [6.07, 6.45) is 0.657. The third-order valence-corrected chi connectivity index (χ3v) is 1.37. The molecule has 0 aromatic carbocycles. The fourth-order valence-corrected chi connectivity index (χ4v) is 0.767. The van der Waals surface area contributed by atoms with Crippen LogP contribution in [0.4, 0.5) is 0 Å². The summed E-state index contributed by atoms with van der Waals surface area (Å²) < 4.78 is 9.84. The molecular formula is C4H9NO3P+. The summed E-state index contributed by atoms with van der Waals surface area (Å²) in [7, 11) is -0.450. The highest BCUT2D eigenvalue weighted by molar-refractivity contribution is 7.23. The van der Waals surface area contributed by atoms with Gasteiger partial charge in [-0.15, -0.1) is 0 Å². The second kappa shape index (κ2) is 4.41. The summed E-state index contributed by atoms with van der Waals surface area (Å²) in [5, 5.41) is 8.18. The van der Waals surface area contributed by atoms with Crippen LogP contribution in [-0.4, -0.2) is 23.3 Å². The molecule has 0 aliphatic rings. The first kappa shape index (κ1) is 8.53. The maximum atomic E-state index is 9.98. The number of carbonyl (C=O) groups is 1. The van der Waals surface area contributed by atoms with Gasteiger partial charge >= 0.3 is 14.4 Å². The van der Waals surface area contributed by atoms with Crippen molar-refractivity contribution in [3.8, 4) is 0 Å². The van der Waals surface area contributed by atoms with Gasteiger partial charge in [0.05, 0.1) is 0 Å². The molecule has 0 radical (unpaired) electrons. The Balaban J connectivity index is 3.37. The number of hydrogen-bond acceptors (Lipinski definition) is 3. The van der Waals surface area contributed by atoms with Crippen LogP contribution in [0.5, 0.6) is 0 Å². The average Bonchev–Trinajstić information content (AvgIpc) is 1.82. The van der Waals surface area contributed by atoms with Gasteiger partial charge in [-0.3, -0.25) is 4.79 Å². The zero-order valence-electron chi connectivity index (χ0n) is 4.83. The van der Waals surface area contributed by atoms with E-state index in [1.165, 1.54) is 0 Å². The van der Waals surface area contributed by atoms with Gasteiger partial charge in [0.15, 0.2) is 0 Å². The monoisotopic (exact) mass is 150 g/mol. The molecule has 2 atom stereocenters. The summed E-state index contributed by atoms with van der Waals surface area (Å²) in [5.41, 5.74) is 5.07. The molecule has 5 heteroatoms. The van der Waals surface area contributed by atoms with Crippen molar-refractivity contribution in [2.45, 2.75) is 12.5 Å². The van der Waals surface area contributed by atoms with Crippen LogP contribution in [0.25, 0.3) is 0 Å². The van der Waals surface area contributed by atoms with Gasteiger partial charge in [-0.2, -0.15) is 0 Å². The minimum absolute atomic E-state index is 0.289. The molecule has 0 bridgehead atoms. The van der Waals surface area contributed by atoms with Crippen LogP contribution in [0.3, 0.4) is 0 Å². The number of rotatable bonds is 4. The fourth-order valence-electron chi connectivity index (χ4n) is 0.338. The minimum Gasteiger partial charge on any atom is -0.480 e. The van der Waals surface area contributed by atoms with Crippen molar-refractivity contribution in [2.24, 2.45) is 5.73 Å². The Kier molecular flexibility index (Phi) is 4.18. The summed E-state index contributed by atoms with van der Waals surface area (Å²) >= 11 is 0. The lowest BCUT2D eigenvalue weighted by molar-refractivity contribution is -0.138. The van der Waals surface area contributed by atoms with E-state index in [-0.39, 0.29) is 6.42 Å². The topological polar surface area (TPSA) is 80.4 Å². The molecule has 2 unspecified atom stereocenters. The van der Waals surface area contributed by atoms with Crippen molar-refractivity contribution < 1.29 is 14.5 Å². The van der Waals surface area contributed by atoms with Gasteiger partial charge in [0, 0.05) is 6.42 Å². The van der Waals surface area contributed by atoms with Gasteiger partial charge in [-0.1, -0.05) is 4.57 Å². The number of carboxylic acids is 1. The van der Waals surface area contributed by atoms with Crippen LogP contribution in [0.2, 0.25) is 0 Å². The predicted molar refractivity (Wildman–Crippen MR) is 34.1 cm³/mol. The van der Waals surface area contributed by atoms with E-state index in [1.54, 1.807) is 0 Å². The number of carboxylic acid groups (broad SMARTS) is 1. The maximum Gasteiger partial charge on any atom is 0.324 e. The van der Waals surface area contributed by atoms with Gasteiger partial charge in [0.2, 0.25) is 0 Å². The van der Waals surface area contributed by atoms with Crippen LogP contribution >= 0.6 is 8.46 Å². The van der Waals surface area contributed by atoms with Crippen LogP contribution < -0.4 is 5.73 Å². The van der Waals surface area contributed by atoms with Gasteiger partial charge < -0.3 is 10.8 Å². The molecule has 0 fully saturated rings. The maximum absolute atomic E-state index is 9.98. The molecule has 0 aromatic heterocycles. The highest BCUT2D eigenvalue weighted by Gasteiger charge is 2.11. The Morgan fingerprint density at radius 3 is 2.67 bits per heavy atom. The molecule has 0 heterocycles. The van der Waals surface area contributed by atoms with Crippen molar-refractivity contribution in [1.29, 1.82) is 0 Å². The average molecular weight is 150 g/mol. The van der Waals surface area contributed by atoms with E-state index in [1.807, 2.05) is 0 Å². The lowest BCUT2D eigenvalue weighted by Crippen LogP contribution is -2.30. The first-order valence-corrected chi connectivity index (χ1v) is 3.63. The van der Waals surface area contributed by atoms with Gasteiger partial charge in [-0.05, 0) is 0 Å². The van der Waals surface area contributed by atoms with E-state index < -0.39 is 20.5 Å². The van der Waals surface area contributed by atoms with Crippen molar-refractivity contribution >= 4 is 14.4 Å². The van der Waals surface area contributed by atoms with Crippen LogP contribution in [-0.2, 0) is 9.36 Å². The third kappa shape index (κ3) is 4.06. The molecule has 52 valence electrons. The van der Waals surface area contributed by atoms with Crippen molar-refractivity contribution in [1.82, 2.24) is 0 Å². The largest absolute Gasteiger partial charge is 0.480 e. The molecule has 0 rings (SSSR count). The van der Waals surface area contributed by atoms with E-state index >= 15 is 0 Å². The number of nitrogens with two attached hydrogens (primary N) is 1. The molecule has 0 saturated heterocycles. The smallest absolute Gasteiger partial charge is 0.324 e. The van der Waals surface area contributed by atoms with Crippen LogP contribution in [0, 0.1) is 0 Å². The molecule has 0 saturated carbocycles. The lowest BCUT2D eigenvalue weighted by Gasteiger charge is -1.97. The van der Waals surface area contributed by atoms with Crippen LogP contribution in [0.15, 0.2) is 0 Å². The van der Waals surface area contributed by atoms with E-state index in [2.05, 4.69) is 0 Å². The highest BCUT2D eigenvalue weighted by atomic mass is 31.1. The minimum atomic E-state index is -1.03. The van der Waals surface area contributed by atoms with Crippen molar-refractivity contribution in [3.05, 3.63) is 0 Å². The highest BCUT2D eigenvalue weighted by Crippen LogP contribution is 1.97.